The van der Waals surface area contributed by atoms with Crippen LogP contribution in [0.3, 0.4) is 0 Å². The number of halogens is 1. The first-order chi connectivity index (χ1) is 10.6. The van der Waals surface area contributed by atoms with Crippen molar-refractivity contribution in [1.29, 1.82) is 0 Å². The molecular weight excluding hydrogens is 300 g/mol. The van der Waals surface area contributed by atoms with Gasteiger partial charge in [-0.1, -0.05) is 30.2 Å². The minimum atomic E-state index is -0.481. The van der Waals surface area contributed by atoms with Gasteiger partial charge in [-0.2, -0.15) is 0 Å². The zero-order chi connectivity index (χ0) is 15.6. The first-order valence-electron chi connectivity index (χ1n) is 7.22. The number of ether oxygens (including phenoxy) is 1. The van der Waals surface area contributed by atoms with E-state index in [1.165, 1.54) is 0 Å². The molecule has 0 spiro atoms. The van der Waals surface area contributed by atoms with E-state index >= 15 is 0 Å². The number of pyridine rings is 1. The van der Waals surface area contributed by atoms with Crippen molar-refractivity contribution in [3.8, 4) is 5.88 Å². The Balaban J connectivity index is 1.82. The number of carbonyl (C=O) groups is 1. The molecule has 5 heteroatoms. The van der Waals surface area contributed by atoms with Crippen molar-refractivity contribution in [3.05, 3.63) is 53.2 Å². The van der Waals surface area contributed by atoms with Crippen LogP contribution < -0.4 is 10.1 Å². The van der Waals surface area contributed by atoms with E-state index in [0.717, 1.165) is 24.8 Å². The summed E-state index contributed by atoms with van der Waals surface area (Å²) in [6.07, 6.45) is 4.31. The number of nitrogens with zero attached hydrogens (tertiary/aromatic N) is 1. The van der Waals surface area contributed by atoms with Crippen LogP contribution in [-0.2, 0) is 10.2 Å². The fraction of sp³-hybridized carbons (Fsp3) is 0.294. The second-order valence-corrected chi connectivity index (χ2v) is 5.93. The van der Waals surface area contributed by atoms with Crippen LogP contribution >= 0.6 is 11.6 Å². The van der Waals surface area contributed by atoms with E-state index < -0.39 is 5.41 Å². The third-order valence-corrected chi connectivity index (χ3v) is 4.46. The molecule has 0 saturated heterocycles. The van der Waals surface area contributed by atoms with Gasteiger partial charge in [0, 0.05) is 11.1 Å². The highest BCUT2D eigenvalue weighted by Crippen LogP contribution is 2.45. The number of rotatable bonds is 4. The lowest BCUT2D eigenvalue weighted by Gasteiger charge is -2.40. The molecule has 1 heterocycles. The van der Waals surface area contributed by atoms with Crippen LogP contribution in [0.25, 0.3) is 0 Å². The lowest BCUT2D eigenvalue weighted by Crippen LogP contribution is -2.46. The van der Waals surface area contributed by atoms with E-state index in [4.69, 9.17) is 16.3 Å². The Bertz CT molecular complexity index is 681. The van der Waals surface area contributed by atoms with Gasteiger partial charge >= 0.3 is 0 Å². The van der Waals surface area contributed by atoms with E-state index in [0.29, 0.717) is 16.6 Å². The minimum Gasteiger partial charge on any atom is -0.481 e. The standard InChI is InChI=1S/C17H17ClN2O2/c1-22-15-7-6-14(11-19-15)20-16(21)17(8-3-9-17)12-4-2-5-13(18)10-12/h2,4-7,10-11H,3,8-9H2,1H3,(H,20,21). The van der Waals surface area contributed by atoms with Crippen LogP contribution in [0.2, 0.25) is 5.02 Å². The summed E-state index contributed by atoms with van der Waals surface area (Å²) in [7, 11) is 1.56. The number of anilines is 1. The maximum Gasteiger partial charge on any atom is 0.235 e. The summed E-state index contributed by atoms with van der Waals surface area (Å²) in [6.45, 7) is 0. The Morgan fingerprint density at radius 1 is 1.32 bits per heavy atom. The largest absolute Gasteiger partial charge is 0.481 e. The number of hydrogen-bond acceptors (Lipinski definition) is 3. The van der Waals surface area contributed by atoms with Crippen LogP contribution in [0.15, 0.2) is 42.6 Å². The average Bonchev–Trinajstić information content (AvgIpc) is 2.47. The molecule has 4 nitrogen and oxygen atoms in total. The first-order valence-corrected chi connectivity index (χ1v) is 7.59. The Morgan fingerprint density at radius 3 is 2.68 bits per heavy atom. The van der Waals surface area contributed by atoms with Crippen LogP contribution in [0.1, 0.15) is 24.8 Å². The van der Waals surface area contributed by atoms with E-state index in [9.17, 15) is 4.79 Å². The molecule has 1 fully saturated rings. The number of methoxy groups -OCH3 is 1. The van der Waals surface area contributed by atoms with Crippen molar-refractivity contribution < 1.29 is 9.53 Å². The molecule has 1 N–H and O–H groups in total. The molecule has 2 aromatic rings. The second-order valence-electron chi connectivity index (χ2n) is 5.49. The smallest absolute Gasteiger partial charge is 0.235 e. The summed E-state index contributed by atoms with van der Waals surface area (Å²) in [6, 6.07) is 11.1. The van der Waals surface area contributed by atoms with E-state index in [-0.39, 0.29) is 5.91 Å². The monoisotopic (exact) mass is 316 g/mol. The Hall–Kier alpha value is -2.07. The van der Waals surface area contributed by atoms with Gasteiger partial charge in [-0.25, -0.2) is 4.98 Å². The van der Waals surface area contributed by atoms with Gasteiger partial charge in [-0.15, -0.1) is 0 Å². The molecular formula is C17H17ClN2O2. The summed E-state index contributed by atoms with van der Waals surface area (Å²) in [5, 5.41) is 3.61. The lowest BCUT2D eigenvalue weighted by atomic mass is 9.64. The predicted molar refractivity (Wildman–Crippen MR) is 86.4 cm³/mol. The highest BCUT2D eigenvalue weighted by molar-refractivity contribution is 6.30. The second kappa shape index (κ2) is 5.97. The fourth-order valence-corrected chi connectivity index (χ4v) is 2.98. The highest BCUT2D eigenvalue weighted by atomic mass is 35.5. The van der Waals surface area contributed by atoms with Crippen molar-refractivity contribution in [2.24, 2.45) is 0 Å². The van der Waals surface area contributed by atoms with Gasteiger partial charge in [0.25, 0.3) is 0 Å². The Labute approximate surface area is 134 Å². The van der Waals surface area contributed by atoms with Gasteiger partial charge in [0.05, 0.1) is 24.4 Å². The van der Waals surface area contributed by atoms with Crippen LogP contribution in [0.4, 0.5) is 5.69 Å². The molecule has 0 radical (unpaired) electrons. The molecule has 1 aliphatic rings. The summed E-state index contributed by atoms with van der Waals surface area (Å²) < 4.78 is 5.02. The van der Waals surface area contributed by atoms with Gasteiger partial charge in [0.15, 0.2) is 0 Å². The predicted octanol–water partition coefficient (Wildman–Crippen LogP) is 3.80. The number of nitrogens with one attached hydrogen (secondary N) is 1. The number of amides is 1. The number of hydrogen-bond donors (Lipinski definition) is 1. The van der Waals surface area contributed by atoms with Gasteiger partial charge in [0.2, 0.25) is 11.8 Å². The lowest BCUT2D eigenvalue weighted by molar-refractivity contribution is -0.124. The third-order valence-electron chi connectivity index (χ3n) is 4.22. The molecule has 0 atom stereocenters. The molecule has 1 aromatic heterocycles. The van der Waals surface area contributed by atoms with E-state index in [2.05, 4.69) is 10.3 Å². The summed E-state index contributed by atoms with van der Waals surface area (Å²) in [5.41, 5.74) is 1.16. The number of carbonyl (C=O) groups excluding carboxylic acids is 1. The summed E-state index contributed by atoms with van der Waals surface area (Å²) in [5.74, 6) is 0.513. The minimum absolute atomic E-state index is 0.00650. The van der Waals surface area contributed by atoms with Crippen LogP contribution in [0, 0.1) is 0 Å². The molecule has 1 aromatic carbocycles. The molecule has 1 amide bonds. The number of benzene rings is 1. The van der Waals surface area contributed by atoms with E-state index in [1.54, 1.807) is 25.4 Å². The molecule has 1 aliphatic carbocycles. The highest BCUT2D eigenvalue weighted by Gasteiger charge is 2.45. The van der Waals surface area contributed by atoms with Crippen molar-refractivity contribution in [2.75, 3.05) is 12.4 Å². The van der Waals surface area contributed by atoms with Gasteiger partial charge in [-0.3, -0.25) is 4.79 Å². The van der Waals surface area contributed by atoms with Gasteiger partial charge < -0.3 is 10.1 Å². The molecule has 1 saturated carbocycles. The molecule has 0 bridgehead atoms. The SMILES string of the molecule is COc1ccc(NC(=O)C2(c3cccc(Cl)c3)CCC2)cn1. The Morgan fingerprint density at radius 2 is 2.14 bits per heavy atom. The maximum absolute atomic E-state index is 12.8. The fourth-order valence-electron chi connectivity index (χ4n) is 2.79. The first kappa shape index (κ1) is 14.9. The molecule has 0 aliphatic heterocycles. The third kappa shape index (κ3) is 2.66. The van der Waals surface area contributed by atoms with Crippen LogP contribution in [0.5, 0.6) is 5.88 Å². The quantitative estimate of drug-likeness (QED) is 0.933. The average molecular weight is 317 g/mol. The van der Waals surface area contributed by atoms with Crippen molar-refractivity contribution >= 4 is 23.2 Å². The summed E-state index contributed by atoms with van der Waals surface area (Å²) >= 11 is 6.07. The summed E-state index contributed by atoms with van der Waals surface area (Å²) in [4.78, 5) is 16.9. The maximum atomic E-state index is 12.8. The topological polar surface area (TPSA) is 51.2 Å². The number of aromatic nitrogens is 1. The van der Waals surface area contributed by atoms with Crippen molar-refractivity contribution in [2.45, 2.75) is 24.7 Å². The normalized spacial score (nSPS) is 15.7. The van der Waals surface area contributed by atoms with Crippen molar-refractivity contribution in [1.82, 2.24) is 4.98 Å². The zero-order valence-electron chi connectivity index (χ0n) is 12.3. The molecule has 22 heavy (non-hydrogen) atoms. The Kier molecular flexibility index (Phi) is 4.03. The molecule has 3 rings (SSSR count). The molecule has 0 unspecified atom stereocenters. The van der Waals surface area contributed by atoms with Gasteiger partial charge in [-0.05, 0) is 36.6 Å². The van der Waals surface area contributed by atoms with Crippen LogP contribution in [-0.4, -0.2) is 18.0 Å². The van der Waals surface area contributed by atoms with Crippen molar-refractivity contribution in [3.63, 3.8) is 0 Å². The molecule has 114 valence electrons. The van der Waals surface area contributed by atoms with Gasteiger partial charge in [0.1, 0.15) is 0 Å². The zero-order valence-corrected chi connectivity index (χ0v) is 13.1. The van der Waals surface area contributed by atoms with E-state index in [1.807, 2.05) is 24.3 Å².